The summed E-state index contributed by atoms with van der Waals surface area (Å²) in [5, 5.41) is 5.99. The summed E-state index contributed by atoms with van der Waals surface area (Å²) in [6.45, 7) is 5.20. The van der Waals surface area contributed by atoms with Crippen molar-refractivity contribution in [2.24, 2.45) is 0 Å². The predicted octanol–water partition coefficient (Wildman–Crippen LogP) is 2.61. The largest absolute Gasteiger partial charge is 0.385 e. The van der Waals surface area contributed by atoms with Crippen LogP contribution in [-0.2, 0) is 4.79 Å². The number of Topliss-reactive ketones (excluding diaryl/α,β-unsaturated/α-hetero) is 1. The Morgan fingerprint density at radius 3 is 2.32 bits per heavy atom. The van der Waals surface area contributed by atoms with E-state index in [2.05, 4.69) is 10.6 Å². The summed E-state index contributed by atoms with van der Waals surface area (Å²) >= 11 is 0. The average Bonchev–Trinajstić information content (AvgIpc) is 2.45. The molecule has 0 unspecified atom stereocenters. The van der Waals surface area contributed by atoms with E-state index in [1.165, 1.54) is 0 Å². The molecule has 104 valence electrons. The lowest BCUT2D eigenvalue weighted by molar-refractivity contribution is -0.120. The van der Waals surface area contributed by atoms with Gasteiger partial charge in [0.05, 0.1) is 0 Å². The van der Waals surface area contributed by atoms with Crippen LogP contribution in [0, 0.1) is 0 Å². The summed E-state index contributed by atoms with van der Waals surface area (Å²) in [4.78, 5) is 22.8. The molecule has 0 aliphatic carbocycles. The van der Waals surface area contributed by atoms with Gasteiger partial charge >= 0.3 is 0 Å². The molecule has 0 saturated heterocycles. The van der Waals surface area contributed by atoms with Crippen molar-refractivity contribution in [2.45, 2.75) is 33.1 Å². The number of benzene rings is 1. The number of rotatable bonds is 8. The van der Waals surface area contributed by atoms with Crippen molar-refractivity contribution in [1.82, 2.24) is 5.32 Å². The van der Waals surface area contributed by atoms with E-state index >= 15 is 0 Å². The highest BCUT2D eigenvalue weighted by molar-refractivity contribution is 5.96. The number of carbonyl (C=O) groups is 2. The zero-order valence-corrected chi connectivity index (χ0v) is 11.7. The molecule has 1 aromatic carbocycles. The van der Waals surface area contributed by atoms with E-state index in [1.54, 1.807) is 0 Å². The Labute approximate surface area is 114 Å². The lowest BCUT2D eigenvalue weighted by Crippen LogP contribution is -2.25. The first kappa shape index (κ1) is 15.2. The van der Waals surface area contributed by atoms with Crippen LogP contribution in [0.5, 0.6) is 0 Å². The molecule has 2 N–H and O–H groups in total. The first-order valence-corrected chi connectivity index (χ1v) is 6.81. The second kappa shape index (κ2) is 8.29. The van der Waals surface area contributed by atoms with Crippen LogP contribution < -0.4 is 10.6 Å². The van der Waals surface area contributed by atoms with Gasteiger partial charge in [-0.2, -0.15) is 0 Å². The van der Waals surface area contributed by atoms with Crippen LogP contribution in [0.15, 0.2) is 24.3 Å². The van der Waals surface area contributed by atoms with Gasteiger partial charge in [0.1, 0.15) is 0 Å². The van der Waals surface area contributed by atoms with Gasteiger partial charge in [-0.05, 0) is 30.7 Å². The van der Waals surface area contributed by atoms with Gasteiger partial charge in [-0.15, -0.1) is 0 Å². The highest BCUT2D eigenvalue weighted by atomic mass is 16.1. The summed E-state index contributed by atoms with van der Waals surface area (Å²) in [5.74, 6) is 0.206. The molecule has 4 heteroatoms. The molecule has 0 heterocycles. The van der Waals surface area contributed by atoms with Crippen LogP contribution in [0.1, 0.15) is 43.5 Å². The molecule has 0 radical (unpaired) electrons. The minimum absolute atomic E-state index is 0.0622. The maximum Gasteiger partial charge on any atom is 0.221 e. The molecule has 0 aliphatic heterocycles. The minimum atomic E-state index is 0.0622. The number of hydrogen-bond acceptors (Lipinski definition) is 3. The van der Waals surface area contributed by atoms with Crippen LogP contribution >= 0.6 is 0 Å². The summed E-state index contributed by atoms with van der Waals surface area (Å²) in [6, 6.07) is 7.36. The molecule has 0 aromatic heterocycles. The molecular formula is C15H22N2O2. The van der Waals surface area contributed by atoms with Crippen molar-refractivity contribution in [3.05, 3.63) is 29.8 Å². The Morgan fingerprint density at radius 1 is 1.05 bits per heavy atom. The highest BCUT2D eigenvalue weighted by Crippen LogP contribution is 2.11. The van der Waals surface area contributed by atoms with Crippen LogP contribution in [0.2, 0.25) is 0 Å². The molecule has 4 nitrogen and oxygen atoms in total. The van der Waals surface area contributed by atoms with Gasteiger partial charge in [-0.3, -0.25) is 9.59 Å². The number of nitrogens with one attached hydrogen (secondary N) is 2. The summed E-state index contributed by atoms with van der Waals surface area (Å²) in [6.07, 6.45) is 1.92. The molecule has 0 aliphatic rings. The van der Waals surface area contributed by atoms with Crippen LogP contribution in [0.4, 0.5) is 5.69 Å². The lowest BCUT2D eigenvalue weighted by atomic mass is 10.1. The zero-order valence-electron chi connectivity index (χ0n) is 11.7. The van der Waals surface area contributed by atoms with Gasteiger partial charge in [0.15, 0.2) is 5.78 Å². The molecule has 0 spiro atoms. The zero-order chi connectivity index (χ0) is 14.1. The fourth-order valence-electron chi connectivity index (χ4n) is 1.65. The highest BCUT2D eigenvalue weighted by Gasteiger charge is 2.03. The number of carbonyl (C=O) groups excluding carboxylic acids is 2. The standard InChI is InChI=1S/C15H22N2O2/c1-3-10-17-15(19)9-11-16-13-7-5-12(6-8-13)14(18)4-2/h5-8,16H,3-4,9-11H2,1-2H3,(H,17,19). The van der Waals surface area contributed by atoms with E-state index in [9.17, 15) is 9.59 Å². The number of amides is 1. The van der Waals surface area contributed by atoms with Gasteiger partial charge < -0.3 is 10.6 Å². The number of ketones is 1. The molecule has 1 rings (SSSR count). The van der Waals surface area contributed by atoms with E-state index in [1.807, 2.05) is 38.1 Å². The van der Waals surface area contributed by atoms with E-state index < -0.39 is 0 Å². The SMILES string of the molecule is CCCNC(=O)CCNc1ccc(C(=O)CC)cc1. The van der Waals surface area contributed by atoms with Crippen LogP contribution in [0.3, 0.4) is 0 Å². The van der Waals surface area contributed by atoms with Crippen LogP contribution in [0.25, 0.3) is 0 Å². The maximum absolute atomic E-state index is 11.5. The van der Waals surface area contributed by atoms with Crippen molar-refractivity contribution in [3.8, 4) is 0 Å². The monoisotopic (exact) mass is 262 g/mol. The van der Waals surface area contributed by atoms with Crippen LogP contribution in [-0.4, -0.2) is 24.8 Å². The van der Waals surface area contributed by atoms with Crippen molar-refractivity contribution < 1.29 is 9.59 Å². The fourth-order valence-corrected chi connectivity index (χ4v) is 1.65. The van der Waals surface area contributed by atoms with Crippen molar-refractivity contribution in [2.75, 3.05) is 18.4 Å². The Morgan fingerprint density at radius 2 is 1.74 bits per heavy atom. The summed E-state index contributed by atoms with van der Waals surface area (Å²) in [5.41, 5.74) is 1.66. The first-order chi connectivity index (χ1) is 9.17. The van der Waals surface area contributed by atoms with Gasteiger partial charge in [0, 0.05) is 37.2 Å². The summed E-state index contributed by atoms with van der Waals surface area (Å²) in [7, 11) is 0. The second-order valence-electron chi connectivity index (χ2n) is 4.38. The molecule has 0 saturated carbocycles. The van der Waals surface area contributed by atoms with Crippen molar-refractivity contribution in [1.29, 1.82) is 0 Å². The fraction of sp³-hybridized carbons (Fsp3) is 0.467. The molecule has 1 aromatic rings. The summed E-state index contributed by atoms with van der Waals surface area (Å²) < 4.78 is 0. The Kier molecular flexibility index (Phi) is 6.64. The van der Waals surface area contributed by atoms with E-state index in [4.69, 9.17) is 0 Å². The second-order valence-corrected chi connectivity index (χ2v) is 4.38. The smallest absolute Gasteiger partial charge is 0.221 e. The van der Waals surface area contributed by atoms with Gasteiger partial charge in [0.2, 0.25) is 5.91 Å². The number of hydrogen-bond donors (Lipinski definition) is 2. The predicted molar refractivity (Wildman–Crippen MR) is 77.5 cm³/mol. The topological polar surface area (TPSA) is 58.2 Å². The molecule has 19 heavy (non-hydrogen) atoms. The van der Waals surface area contributed by atoms with Gasteiger partial charge in [0.25, 0.3) is 0 Å². The van der Waals surface area contributed by atoms with E-state index in [0.29, 0.717) is 19.4 Å². The van der Waals surface area contributed by atoms with Crippen molar-refractivity contribution in [3.63, 3.8) is 0 Å². The Hall–Kier alpha value is -1.84. The third kappa shape index (κ3) is 5.55. The van der Waals surface area contributed by atoms with E-state index in [-0.39, 0.29) is 11.7 Å². The molecule has 0 atom stereocenters. The normalized spacial score (nSPS) is 10.0. The third-order valence-corrected chi connectivity index (χ3v) is 2.78. The number of anilines is 1. The molecule has 0 bridgehead atoms. The minimum Gasteiger partial charge on any atom is -0.385 e. The Balaban J connectivity index is 2.34. The van der Waals surface area contributed by atoms with E-state index in [0.717, 1.165) is 24.2 Å². The van der Waals surface area contributed by atoms with Gasteiger partial charge in [-0.25, -0.2) is 0 Å². The maximum atomic E-state index is 11.5. The van der Waals surface area contributed by atoms with Crippen molar-refractivity contribution >= 4 is 17.4 Å². The van der Waals surface area contributed by atoms with Gasteiger partial charge in [-0.1, -0.05) is 13.8 Å². The Bertz CT molecular complexity index is 413. The molecular weight excluding hydrogens is 240 g/mol. The quantitative estimate of drug-likeness (QED) is 0.708. The first-order valence-electron chi connectivity index (χ1n) is 6.81. The average molecular weight is 262 g/mol. The third-order valence-electron chi connectivity index (χ3n) is 2.78. The molecule has 0 fully saturated rings. The molecule has 1 amide bonds. The lowest BCUT2D eigenvalue weighted by Gasteiger charge is -2.07.